The van der Waals surface area contributed by atoms with Gasteiger partial charge in [0.25, 0.3) is 0 Å². The first-order chi connectivity index (χ1) is 0. The molecule has 0 atom stereocenters. The molecule has 0 fully saturated rings. The van der Waals surface area contributed by atoms with Crippen molar-refractivity contribution in [2.75, 3.05) is 0 Å². The first-order valence-corrected chi connectivity index (χ1v) is 0. The van der Waals surface area contributed by atoms with Gasteiger partial charge in [0.2, 0.25) is 0 Å². The molecule has 70 nitrogen and oxygen atoms in total. The third kappa shape index (κ3) is 98300. The average Bonchev–Trinajstić information content (AvgIpc) is 0. The maximum absolute atomic E-state index is 0. The van der Waals surface area contributed by atoms with Crippen LogP contribution in [0.25, 0.3) is 0 Å². The van der Waals surface area contributed by atoms with Crippen molar-refractivity contribution in [3.05, 3.63) is 0 Å². The maximum atomic E-state index is 0. The molecule has 0 rings (SSSR count). The second-order valence-electron chi connectivity index (χ2n) is 0. The Labute approximate surface area is 548 Å². The van der Waals surface area contributed by atoms with Gasteiger partial charge in [0.05, 0.1) is 0 Å². The van der Waals surface area contributed by atoms with Crippen LogP contribution in [0.3, 0.4) is 0 Å². The fraction of sp³-hybridized carbons (Fsp3) is 0. The fourth-order valence-electron chi connectivity index (χ4n) is 0. The monoisotopic (exact) mass is 1710 g/mol. The van der Waals surface area contributed by atoms with Crippen molar-refractivity contribution in [3.63, 3.8) is 0 Å². The van der Waals surface area contributed by atoms with Crippen molar-refractivity contribution in [3.8, 4) is 0 Å². The van der Waals surface area contributed by atoms with E-state index in [2.05, 4.69) is 0 Å². The van der Waals surface area contributed by atoms with Gasteiger partial charge in [0.15, 0.2) is 0 Å². The molecule has 0 saturated carbocycles. The molecule has 0 aliphatic rings. The standard InChI is InChI=1S/10Co.70O/q10*+2;70*-2. The largest absolute Gasteiger partial charge is 2.00 e. The zero-order valence-electron chi connectivity index (χ0n) is 31.9. The summed E-state index contributed by atoms with van der Waals surface area (Å²) in [5, 5.41) is 0. The van der Waals surface area contributed by atoms with E-state index in [0.29, 0.717) is 0 Å². The SMILES string of the molecule is [Co+2].[Co+2].[Co+2].[Co+2].[Co+2].[Co+2].[Co+2].[Co+2].[Co+2].[Co+2].[O-2].[O-2].[O-2].[O-2].[O-2].[O-2].[O-2].[O-2].[O-2].[O-2].[O-2].[O-2].[O-2].[O-2].[O-2].[O-2].[O-2].[O-2].[O-2].[O-2].[O-2].[O-2].[O-2].[O-2].[O-2].[O-2].[O-2].[O-2].[O-2].[O-2].[O-2].[O-2].[O-2].[O-2].[O-2].[O-2].[O-2].[O-2].[O-2].[O-2].[O-2].[O-2].[O-2].[O-2].[O-2].[O-2].[O-2].[O-2].[O-2].[O-2].[O-2].[O-2].[O-2].[O-2].[O-2].[O-2].[O-2].[O-2].[O-2].[O-2].[O-2].[O-2].[O-2].[O-2].[O-2].[O-2].[O-2].[O-2].[O-2].[O-2]. The average molecular weight is 1710 g/mol. The van der Waals surface area contributed by atoms with Crippen LogP contribution in [0.4, 0.5) is 0 Å². The number of hydrogen-bond donors (Lipinski definition) is 0. The third-order valence-corrected chi connectivity index (χ3v) is 0. The Bertz CT molecular complexity index is 43.5. The first-order valence-electron chi connectivity index (χ1n) is 0. The molecule has 0 heterocycles. The van der Waals surface area contributed by atoms with Gasteiger partial charge in [0, 0.05) is 0 Å². The maximum Gasteiger partial charge on any atom is 2.00 e. The Balaban J connectivity index is 0. The first kappa shape index (κ1) is 106000. The third-order valence-electron chi connectivity index (χ3n) is 0. The zero-order valence-corrected chi connectivity index (χ0v) is 42.3. The van der Waals surface area contributed by atoms with Gasteiger partial charge < -0.3 is 383 Å². The Kier molecular flexibility index (Phi) is 135000000. The van der Waals surface area contributed by atoms with Crippen LogP contribution in [0.1, 0.15) is 0 Å². The van der Waals surface area contributed by atoms with Gasteiger partial charge in [-0.15, -0.1) is 0 Å². The van der Waals surface area contributed by atoms with Crippen LogP contribution in [-0.4, -0.2) is 0 Å². The van der Waals surface area contributed by atoms with Crippen molar-refractivity contribution in [1.82, 2.24) is 0 Å². The van der Waals surface area contributed by atoms with Crippen LogP contribution >= 0.6 is 0 Å². The van der Waals surface area contributed by atoms with Gasteiger partial charge in [-0.1, -0.05) is 0 Å². The van der Waals surface area contributed by atoms with Gasteiger partial charge >= 0.3 is 168 Å². The van der Waals surface area contributed by atoms with Crippen molar-refractivity contribution in [2.45, 2.75) is 0 Å². The second kappa shape index (κ2) is 102000. The van der Waals surface area contributed by atoms with E-state index in [1.54, 1.807) is 0 Å². The summed E-state index contributed by atoms with van der Waals surface area (Å²) in [4.78, 5) is 0. The summed E-state index contributed by atoms with van der Waals surface area (Å²) < 4.78 is 0. The molecule has 0 amide bonds. The summed E-state index contributed by atoms with van der Waals surface area (Å²) in [6, 6.07) is 0. The number of rotatable bonds is 0. The molecule has 0 aliphatic heterocycles. The quantitative estimate of drug-likeness (QED) is 0.218. The smallest absolute Gasteiger partial charge is 2.00 e. The minimum Gasteiger partial charge on any atom is -2.00 e. The normalized spacial score (nSPS) is 0. The molecule has 0 N–H and O–H groups in total. The van der Waals surface area contributed by atoms with Crippen LogP contribution in [0, 0.1) is 0 Å². The summed E-state index contributed by atoms with van der Waals surface area (Å²) in [6.45, 7) is 0. The van der Waals surface area contributed by atoms with Gasteiger partial charge in [-0.3, -0.25) is 0 Å². The molecular formula is Co10O70-120. The molecule has 0 saturated heterocycles. The molecule has 630 valence electrons. The summed E-state index contributed by atoms with van der Waals surface area (Å²) in [5.74, 6) is 0. The van der Waals surface area contributed by atoms with Crippen molar-refractivity contribution in [2.24, 2.45) is 0 Å². The predicted octanol–water partition coefficient (Wildman–Crippen LogP) is -8.34. The number of hydrogen-bond acceptors (Lipinski definition) is 0. The van der Waals surface area contributed by atoms with Crippen molar-refractivity contribution >= 4 is 0 Å². The van der Waals surface area contributed by atoms with Crippen LogP contribution in [-0.2, 0) is 551 Å². The molecule has 0 bridgehead atoms. The summed E-state index contributed by atoms with van der Waals surface area (Å²) in [6.07, 6.45) is 0. The topological polar surface area (TPSA) is 2000 Å². The molecule has 0 spiro atoms. The molecule has 0 unspecified atom stereocenters. The van der Waals surface area contributed by atoms with Crippen LogP contribution < -0.4 is 0 Å². The van der Waals surface area contributed by atoms with Gasteiger partial charge in [-0.05, 0) is 0 Å². The molecular weight excluding hydrogens is 1710 g/mol. The minimum atomic E-state index is 0. The molecule has 80 heavy (non-hydrogen) atoms. The van der Waals surface area contributed by atoms with Gasteiger partial charge in [-0.2, -0.15) is 0 Å². The van der Waals surface area contributed by atoms with E-state index in [9.17, 15) is 0 Å². The Morgan fingerprint density at radius 1 is 0.0250 bits per heavy atom. The Hall–Kier alpha value is 2.26. The Morgan fingerprint density at radius 3 is 0.0250 bits per heavy atom. The molecule has 80 heteroatoms. The van der Waals surface area contributed by atoms with E-state index < -0.39 is 0 Å². The zero-order chi connectivity index (χ0) is 0. The van der Waals surface area contributed by atoms with E-state index in [-0.39, 0.29) is 551 Å². The van der Waals surface area contributed by atoms with E-state index in [1.165, 1.54) is 0 Å². The van der Waals surface area contributed by atoms with Gasteiger partial charge in [-0.25, -0.2) is 0 Å². The Morgan fingerprint density at radius 2 is 0.0250 bits per heavy atom. The molecule has 0 aliphatic carbocycles. The molecule has 0 aromatic rings. The predicted molar refractivity (Wildman–Crippen MR) is 48.1 cm³/mol. The minimum absolute atomic E-state index is 0. The van der Waals surface area contributed by atoms with Crippen LogP contribution in [0.2, 0.25) is 0 Å². The van der Waals surface area contributed by atoms with Crippen LogP contribution in [0.15, 0.2) is 0 Å². The van der Waals surface area contributed by atoms with E-state index in [0.717, 1.165) is 0 Å². The fourth-order valence-corrected chi connectivity index (χ4v) is 0. The van der Waals surface area contributed by atoms with Crippen molar-refractivity contribution in [1.29, 1.82) is 0 Å². The summed E-state index contributed by atoms with van der Waals surface area (Å²) in [5.41, 5.74) is 0. The van der Waals surface area contributed by atoms with Crippen LogP contribution in [0.5, 0.6) is 0 Å². The molecule has 10 radical (unpaired) electrons. The summed E-state index contributed by atoms with van der Waals surface area (Å²) >= 11 is 0. The summed E-state index contributed by atoms with van der Waals surface area (Å²) in [7, 11) is 0. The van der Waals surface area contributed by atoms with Crippen molar-refractivity contribution < 1.29 is 551 Å². The van der Waals surface area contributed by atoms with E-state index in [4.69, 9.17) is 0 Å². The van der Waals surface area contributed by atoms with E-state index in [1.807, 2.05) is 0 Å². The second-order valence-corrected chi connectivity index (χ2v) is 0. The molecule has 0 aromatic carbocycles. The van der Waals surface area contributed by atoms with Gasteiger partial charge in [0.1, 0.15) is 0 Å². The van der Waals surface area contributed by atoms with E-state index >= 15 is 0 Å². The molecule has 0 aromatic heterocycles.